The van der Waals surface area contributed by atoms with E-state index in [1.54, 1.807) is 31.6 Å². The minimum atomic E-state index is -0.256. The lowest BCUT2D eigenvalue weighted by atomic mass is 9.95. The molecule has 0 aliphatic heterocycles. The van der Waals surface area contributed by atoms with Crippen molar-refractivity contribution in [1.29, 1.82) is 0 Å². The zero-order valence-electron chi connectivity index (χ0n) is 12.5. The minimum absolute atomic E-state index is 0.0800. The van der Waals surface area contributed by atoms with Gasteiger partial charge >= 0.3 is 0 Å². The molecule has 2 rings (SSSR count). The van der Waals surface area contributed by atoms with E-state index in [1.807, 2.05) is 12.1 Å². The van der Waals surface area contributed by atoms with Crippen molar-refractivity contribution < 1.29 is 9.53 Å². The fraction of sp³-hybridized carbons (Fsp3) is 0.312. The number of aromatic nitrogens is 2. The molecule has 2 aromatic heterocycles. The monoisotopic (exact) mass is 363 g/mol. The van der Waals surface area contributed by atoms with Gasteiger partial charge in [0.05, 0.1) is 13.0 Å². The number of hydrogen-bond donors (Lipinski definition) is 1. The predicted molar refractivity (Wildman–Crippen MR) is 89.0 cm³/mol. The number of nitrogens with one attached hydrogen (secondary N) is 1. The second-order valence-electron chi connectivity index (χ2n) is 4.83. The van der Waals surface area contributed by atoms with Gasteiger partial charge < -0.3 is 10.1 Å². The Hall–Kier alpha value is -1.95. The average molecular weight is 364 g/mol. The Bertz CT molecular complexity index is 614. The van der Waals surface area contributed by atoms with Crippen LogP contribution in [0.4, 0.5) is 5.82 Å². The molecule has 0 aliphatic rings. The second-order valence-corrected chi connectivity index (χ2v) is 5.74. The number of rotatable bonds is 6. The summed E-state index contributed by atoms with van der Waals surface area (Å²) in [6.07, 6.45) is 4.99. The lowest BCUT2D eigenvalue weighted by Gasteiger charge is -2.16. The first-order chi connectivity index (χ1) is 10.6. The lowest BCUT2D eigenvalue weighted by molar-refractivity contribution is -0.117. The summed E-state index contributed by atoms with van der Waals surface area (Å²) in [6.45, 7) is 2.05. The highest BCUT2D eigenvalue weighted by Gasteiger charge is 2.20. The molecule has 1 atom stereocenters. The van der Waals surface area contributed by atoms with E-state index in [4.69, 9.17) is 4.74 Å². The van der Waals surface area contributed by atoms with E-state index < -0.39 is 0 Å². The molecule has 1 unspecified atom stereocenters. The molecule has 6 heteroatoms. The number of hydrogen-bond acceptors (Lipinski definition) is 4. The van der Waals surface area contributed by atoms with E-state index in [0.717, 1.165) is 22.9 Å². The molecule has 0 saturated heterocycles. The molecule has 1 N–H and O–H groups in total. The summed E-state index contributed by atoms with van der Waals surface area (Å²) in [7, 11) is 1.57. The number of nitrogens with zero attached hydrogens (tertiary/aromatic N) is 2. The Kier molecular flexibility index (Phi) is 5.89. The first-order valence-electron chi connectivity index (χ1n) is 7.06. The third-order valence-electron chi connectivity index (χ3n) is 3.24. The summed E-state index contributed by atoms with van der Waals surface area (Å²) in [5, 5.41) is 2.85. The molecule has 0 spiro atoms. The predicted octanol–water partition coefficient (Wildman–Crippen LogP) is 3.77. The van der Waals surface area contributed by atoms with Gasteiger partial charge in [0.2, 0.25) is 11.8 Å². The number of ether oxygens (including phenoxy) is 1. The van der Waals surface area contributed by atoms with Gasteiger partial charge in [-0.3, -0.25) is 4.79 Å². The van der Waals surface area contributed by atoms with Gasteiger partial charge in [0.25, 0.3) is 0 Å². The number of methoxy groups -OCH3 is 1. The quantitative estimate of drug-likeness (QED) is 0.848. The van der Waals surface area contributed by atoms with Crippen LogP contribution >= 0.6 is 15.9 Å². The third kappa shape index (κ3) is 4.27. The van der Waals surface area contributed by atoms with Crippen molar-refractivity contribution in [3.05, 3.63) is 46.7 Å². The van der Waals surface area contributed by atoms with Crippen LogP contribution in [0.25, 0.3) is 0 Å². The summed E-state index contributed by atoms with van der Waals surface area (Å²) in [5.41, 5.74) is 0.872. The molecule has 116 valence electrons. The van der Waals surface area contributed by atoms with Crippen LogP contribution < -0.4 is 10.1 Å². The van der Waals surface area contributed by atoms with Gasteiger partial charge in [-0.25, -0.2) is 9.97 Å². The summed E-state index contributed by atoms with van der Waals surface area (Å²) in [5.74, 6) is 0.738. The van der Waals surface area contributed by atoms with Crippen molar-refractivity contribution in [3.8, 4) is 5.88 Å². The van der Waals surface area contributed by atoms with Crippen LogP contribution in [0.2, 0.25) is 0 Å². The maximum atomic E-state index is 12.5. The van der Waals surface area contributed by atoms with Crippen molar-refractivity contribution >= 4 is 27.7 Å². The summed E-state index contributed by atoms with van der Waals surface area (Å²) in [4.78, 5) is 20.9. The number of amides is 1. The van der Waals surface area contributed by atoms with Gasteiger partial charge in [-0.1, -0.05) is 19.4 Å². The van der Waals surface area contributed by atoms with Crippen LogP contribution in [0.1, 0.15) is 31.2 Å². The topological polar surface area (TPSA) is 64.1 Å². The van der Waals surface area contributed by atoms with Crippen molar-refractivity contribution in [2.75, 3.05) is 12.4 Å². The second kappa shape index (κ2) is 7.89. The van der Waals surface area contributed by atoms with Crippen molar-refractivity contribution in [3.63, 3.8) is 0 Å². The molecule has 5 nitrogen and oxygen atoms in total. The zero-order valence-corrected chi connectivity index (χ0v) is 14.1. The first kappa shape index (κ1) is 16.4. The third-order valence-corrected chi connectivity index (χ3v) is 3.71. The molecule has 0 radical (unpaired) electrons. The fourth-order valence-electron chi connectivity index (χ4n) is 2.12. The molecule has 0 aliphatic carbocycles. The molecular formula is C16H18BrN3O2. The summed E-state index contributed by atoms with van der Waals surface area (Å²) in [6, 6.07) is 7.24. The van der Waals surface area contributed by atoms with E-state index in [9.17, 15) is 4.79 Å². The Morgan fingerprint density at radius 2 is 2.09 bits per heavy atom. The zero-order chi connectivity index (χ0) is 15.9. The first-order valence-corrected chi connectivity index (χ1v) is 7.85. The molecule has 0 aromatic carbocycles. The van der Waals surface area contributed by atoms with E-state index in [-0.39, 0.29) is 11.8 Å². The van der Waals surface area contributed by atoms with Crippen molar-refractivity contribution in [2.24, 2.45) is 0 Å². The molecule has 0 bridgehead atoms. The van der Waals surface area contributed by atoms with Gasteiger partial charge in [0, 0.05) is 22.9 Å². The number of carbonyl (C=O) groups excluding carboxylic acids is 1. The number of carbonyl (C=O) groups is 1. The van der Waals surface area contributed by atoms with Gasteiger partial charge in [-0.2, -0.15) is 0 Å². The van der Waals surface area contributed by atoms with Gasteiger partial charge in [0.1, 0.15) is 5.82 Å². The Balaban J connectivity index is 2.14. The molecule has 2 heterocycles. The molecule has 2 aromatic rings. The Labute approximate surface area is 138 Å². The normalized spacial score (nSPS) is 11.8. The van der Waals surface area contributed by atoms with Crippen molar-refractivity contribution in [1.82, 2.24) is 9.97 Å². The van der Waals surface area contributed by atoms with Gasteiger partial charge in [-0.05, 0) is 40.0 Å². The lowest BCUT2D eigenvalue weighted by Crippen LogP contribution is -2.21. The Morgan fingerprint density at radius 3 is 2.64 bits per heavy atom. The van der Waals surface area contributed by atoms with Crippen LogP contribution in [0.3, 0.4) is 0 Å². The smallest absolute Gasteiger partial charge is 0.233 e. The van der Waals surface area contributed by atoms with E-state index in [1.165, 1.54) is 0 Å². The number of anilines is 1. The van der Waals surface area contributed by atoms with Crippen molar-refractivity contribution in [2.45, 2.75) is 25.7 Å². The summed E-state index contributed by atoms with van der Waals surface area (Å²) >= 11 is 3.32. The highest BCUT2D eigenvalue weighted by molar-refractivity contribution is 9.10. The largest absolute Gasteiger partial charge is 0.481 e. The van der Waals surface area contributed by atoms with Gasteiger partial charge in [0.15, 0.2) is 0 Å². The van der Waals surface area contributed by atoms with Crippen LogP contribution in [-0.4, -0.2) is 23.0 Å². The highest BCUT2D eigenvalue weighted by atomic mass is 79.9. The Morgan fingerprint density at radius 1 is 1.27 bits per heavy atom. The summed E-state index contributed by atoms with van der Waals surface area (Å²) < 4.78 is 5.92. The maximum Gasteiger partial charge on any atom is 0.233 e. The molecule has 22 heavy (non-hydrogen) atoms. The maximum absolute atomic E-state index is 12.5. The molecule has 0 saturated carbocycles. The molecule has 1 amide bonds. The highest BCUT2D eigenvalue weighted by Crippen LogP contribution is 2.24. The standard InChI is InChI=1S/C16H18BrN3O2/c1-3-4-13(11-5-8-15(22-2)19-9-11)16(21)20-14-7-6-12(17)10-18-14/h5-10,13H,3-4H2,1-2H3,(H,18,20,21). The fourth-order valence-corrected chi connectivity index (χ4v) is 2.35. The molecule has 0 fully saturated rings. The van der Waals surface area contributed by atoms with Crippen LogP contribution in [0, 0.1) is 0 Å². The van der Waals surface area contributed by atoms with E-state index >= 15 is 0 Å². The average Bonchev–Trinajstić information content (AvgIpc) is 2.55. The minimum Gasteiger partial charge on any atom is -0.481 e. The van der Waals surface area contributed by atoms with E-state index in [2.05, 4.69) is 38.1 Å². The SMILES string of the molecule is CCCC(C(=O)Nc1ccc(Br)cn1)c1ccc(OC)nc1. The van der Waals surface area contributed by atoms with Crippen LogP contribution in [0.15, 0.2) is 41.1 Å². The van der Waals surface area contributed by atoms with E-state index in [0.29, 0.717) is 11.7 Å². The number of halogens is 1. The van der Waals surface area contributed by atoms with Crippen LogP contribution in [0.5, 0.6) is 5.88 Å². The van der Waals surface area contributed by atoms with Gasteiger partial charge in [-0.15, -0.1) is 0 Å². The number of pyridine rings is 2. The molecular weight excluding hydrogens is 346 g/mol. The van der Waals surface area contributed by atoms with Crippen LogP contribution in [-0.2, 0) is 4.79 Å².